The topological polar surface area (TPSA) is 84.9 Å². The van der Waals surface area contributed by atoms with Crippen LogP contribution in [-0.4, -0.2) is 30.2 Å². The molecule has 0 spiro atoms. The van der Waals surface area contributed by atoms with Gasteiger partial charge in [-0.1, -0.05) is 0 Å². The summed E-state index contributed by atoms with van der Waals surface area (Å²) in [5.41, 5.74) is -0.679. The third-order valence-corrected chi connectivity index (χ3v) is 3.00. The van der Waals surface area contributed by atoms with Crippen molar-refractivity contribution in [2.45, 2.75) is 40.2 Å². The van der Waals surface area contributed by atoms with Gasteiger partial charge in [0.25, 0.3) is 0 Å². The van der Waals surface area contributed by atoms with Gasteiger partial charge in [0.2, 0.25) is 5.91 Å². The van der Waals surface area contributed by atoms with E-state index in [1.807, 2.05) is 13.8 Å². The largest absolute Gasteiger partial charge is 0.497 e. The van der Waals surface area contributed by atoms with Crippen molar-refractivity contribution in [3.05, 3.63) is 18.2 Å². The van der Waals surface area contributed by atoms with Gasteiger partial charge in [-0.25, -0.2) is 0 Å². The summed E-state index contributed by atoms with van der Waals surface area (Å²) in [4.78, 5) is 23.2. The summed E-state index contributed by atoms with van der Waals surface area (Å²) in [6, 6.07) is 5.08. The van der Waals surface area contributed by atoms with Crippen LogP contribution in [0.3, 0.4) is 0 Å². The van der Waals surface area contributed by atoms with E-state index in [-0.39, 0.29) is 12.5 Å². The number of carbonyl (C=O) groups excluding carboxylic acids is 1. The average molecular weight is 309 g/mol. The Labute approximate surface area is 130 Å². The van der Waals surface area contributed by atoms with E-state index in [1.54, 1.807) is 18.2 Å². The number of rotatable bonds is 7. The summed E-state index contributed by atoms with van der Waals surface area (Å²) >= 11 is 0. The number of carbonyl (C=O) groups is 2. The fourth-order valence-corrected chi connectivity index (χ4v) is 1.76. The van der Waals surface area contributed by atoms with Crippen molar-refractivity contribution >= 4 is 17.6 Å². The third kappa shape index (κ3) is 4.95. The number of methoxy groups -OCH3 is 1. The van der Waals surface area contributed by atoms with Gasteiger partial charge >= 0.3 is 5.97 Å². The predicted octanol–water partition coefficient (Wildman–Crippen LogP) is 2.92. The molecule has 0 aliphatic heterocycles. The molecule has 1 aromatic rings. The maximum absolute atomic E-state index is 12.1. The maximum atomic E-state index is 12.1. The van der Waals surface area contributed by atoms with Crippen molar-refractivity contribution in [2.24, 2.45) is 5.41 Å². The lowest BCUT2D eigenvalue weighted by Gasteiger charge is -2.20. The van der Waals surface area contributed by atoms with Crippen LogP contribution in [-0.2, 0) is 9.59 Å². The third-order valence-electron chi connectivity index (χ3n) is 3.00. The first-order valence-corrected chi connectivity index (χ1v) is 7.03. The van der Waals surface area contributed by atoms with Gasteiger partial charge in [-0.15, -0.1) is 0 Å². The second kappa shape index (κ2) is 7.15. The Morgan fingerprint density at radius 2 is 1.95 bits per heavy atom. The first kappa shape index (κ1) is 17.8. The number of hydrogen-bond donors (Lipinski definition) is 2. The van der Waals surface area contributed by atoms with Crippen LogP contribution in [0.4, 0.5) is 5.69 Å². The van der Waals surface area contributed by atoms with Gasteiger partial charge in [-0.05, 0) is 39.8 Å². The zero-order valence-corrected chi connectivity index (χ0v) is 13.6. The highest BCUT2D eigenvalue weighted by Gasteiger charge is 2.30. The van der Waals surface area contributed by atoms with Gasteiger partial charge in [-0.3, -0.25) is 9.59 Å². The molecule has 0 saturated carbocycles. The summed E-state index contributed by atoms with van der Waals surface area (Å²) in [5, 5.41) is 11.8. The van der Waals surface area contributed by atoms with E-state index in [0.29, 0.717) is 17.2 Å². The Morgan fingerprint density at radius 3 is 2.45 bits per heavy atom. The molecule has 0 bridgehead atoms. The number of hydrogen-bond acceptors (Lipinski definition) is 4. The van der Waals surface area contributed by atoms with Gasteiger partial charge in [0, 0.05) is 12.5 Å². The Bertz CT molecular complexity index is 551. The van der Waals surface area contributed by atoms with Crippen LogP contribution < -0.4 is 14.8 Å². The second-order valence-electron chi connectivity index (χ2n) is 5.94. The first-order valence-electron chi connectivity index (χ1n) is 7.03. The Hall–Kier alpha value is -2.24. The predicted molar refractivity (Wildman–Crippen MR) is 83.4 cm³/mol. The molecule has 0 atom stereocenters. The number of nitrogens with one attached hydrogen (secondary N) is 1. The maximum Gasteiger partial charge on any atom is 0.309 e. The van der Waals surface area contributed by atoms with E-state index < -0.39 is 17.3 Å². The quantitative estimate of drug-likeness (QED) is 0.809. The number of carboxylic acids is 1. The highest BCUT2D eigenvalue weighted by Crippen LogP contribution is 2.31. The minimum atomic E-state index is -1.14. The number of amides is 1. The van der Waals surface area contributed by atoms with Gasteiger partial charge in [0.15, 0.2) is 0 Å². The molecule has 1 amide bonds. The second-order valence-corrected chi connectivity index (χ2v) is 5.94. The molecule has 0 fully saturated rings. The number of benzene rings is 1. The molecular formula is C16H23NO5. The van der Waals surface area contributed by atoms with E-state index in [0.717, 1.165) is 0 Å². The number of anilines is 1. The van der Waals surface area contributed by atoms with Crippen LogP contribution in [0.15, 0.2) is 18.2 Å². The Balaban J connectivity index is 2.94. The number of aliphatic carboxylic acids is 1. The van der Waals surface area contributed by atoms with Gasteiger partial charge < -0.3 is 19.9 Å². The van der Waals surface area contributed by atoms with Crippen molar-refractivity contribution in [1.29, 1.82) is 0 Å². The lowest BCUT2D eigenvalue weighted by Crippen LogP contribution is -2.29. The van der Waals surface area contributed by atoms with Gasteiger partial charge in [0.05, 0.1) is 24.3 Å². The van der Waals surface area contributed by atoms with Crippen molar-refractivity contribution in [2.75, 3.05) is 12.4 Å². The van der Waals surface area contributed by atoms with Crippen molar-refractivity contribution in [3.63, 3.8) is 0 Å². The Morgan fingerprint density at radius 1 is 1.32 bits per heavy atom. The molecule has 0 aliphatic rings. The number of carboxylic acid groups (broad SMARTS) is 1. The summed E-state index contributed by atoms with van der Waals surface area (Å²) in [7, 11) is 1.53. The molecule has 0 radical (unpaired) electrons. The molecule has 1 aromatic carbocycles. The van der Waals surface area contributed by atoms with E-state index in [9.17, 15) is 9.59 Å². The van der Waals surface area contributed by atoms with E-state index in [2.05, 4.69) is 5.32 Å². The SMILES string of the molecule is COc1ccc(OC(C)C)c(NC(=O)CC(C)(C)C(=O)O)c1. The van der Waals surface area contributed by atoms with Crippen LogP contribution in [0.25, 0.3) is 0 Å². The molecule has 6 nitrogen and oxygen atoms in total. The molecule has 6 heteroatoms. The minimum Gasteiger partial charge on any atom is -0.497 e. The van der Waals surface area contributed by atoms with E-state index in [4.69, 9.17) is 14.6 Å². The van der Waals surface area contributed by atoms with Crippen LogP contribution in [0.5, 0.6) is 11.5 Å². The summed E-state index contributed by atoms with van der Waals surface area (Å²) in [5.74, 6) is -0.331. The fourth-order valence-electron chi connectivity index (χ4n) is 1.76. The van der Waals surface area contributed by atoms with Crippen LogP contribution in [0, 0.1) is 5.41 Å². The molecule has 0 heterocycles. The van der Waals surface area contributed by atoms with Gasteiger partial charge in [-0.2, -0.15) is 0 Å². The summed E-state index contributed by atoms with van der Waals surface area (Å²) in [6.07, 6.45) is -0.194. The van der Waals surface area contributed by atoms with Crippen molar-refractivity contribution in [1.82, 2.24) is 0 Å². The van der Waals surface area contributed by atoms with Gasteiger partial charge in [0.1, 0.15) is 11.5 Å². The molecule has 0 saturated heterocycles. The lowest BCUT2D eigenvalue weighted by atomic mass is 9.89. The minimum absolute atomic E-state index is 0.0560. The lowest BCUT2D eigenvalue weighted by molar-refractivity contribution is -0.148. The standard InChI is InChI=1S/C16H23NO5/c1-10(2)22-13-7-6-11(21-5)8-12(13)17-14(18)9-16(3,4)15(19)20/h6-8,10H,9H2,1-5H3,(H,17,18)(H,19,20). The highest BCUT2D eigenvalue weighted by molar-refractivity contribution is 5.95. The van der Waals surface area contributed by atoms with Crippen LogP contribution >= 0.6 is 0 Å². The summed E-state index contributed by atoms with van der Waals surface area (Å²) in [6.45, 7) is 6.77. The molecule has 0 aromatic heterocycles. The Kier molecular flexibility index (Phi) is 5.79. The average Bonchev–Trinajstić information content (AvgIpc) is 2.39. The first-order chi connectivity index (χ1) is 10.2. The number of ether oxygens (including phenoxy) is 2. The van der Waals surface area contributed by atoms with E-state index in [1.165, 1.54) is 21.0 Å². The molecule has 22 heavy (non-hydrogen) atoms. The zero-order valence-electron chi connectivity index (χ0n) is 13.6. The van der Waals surface area contributed by atoms with E-state index >= 15 is 0 Å². The fraction of sp³-hybridized carbons (Fsp3) is 0.500. The molecule has 0 unspecified atom stereocenters. The molecular weight excluding hydrogens is 286 g/mol. The highest BCUT2D eigenvalue weighted by atomic mass is 16.5. The zero-order chi connectivity index (χ0) is 16.9. The molecule has 1 rings (SSSR count). The van der Waals surface area contributed by atoms with Crippen molar-refractivity contribution < 1.29 is 24.2 Å². The smallest absolute Gasteiger partial charge is 0.309 e. The van der Waals surface area contributed by atoms with Crippen molar-refractivity contribution in [3.8, 4) is 11.5 Å². The van der Waals surface area contributed by atoms with Crippen LogP contribution in [0.1, 0.15) is 34.1 Å². The molecule has 122 valence electrons. The normalized spacial score (nSPS) is 11.2. The molecule has 0 aliphatic carbocycles. The monoisotopic (exact) mass is 309 g/mol. The molecule has 2 N–H and O–H groups in total. The van der Waals surface area contributed by atoms with Crippen LogP contribution in [0.2, 0.25) is 0 Å². The summed E-state index contributed by atoms with van der Waals surface area (Å²) < 4.78 is 10.8.